The molecular weight excluding hydrogens is 350 g/mol. The minimum atomic E-state index is -0.202. The SMILES string of the molecule is CN=C(C)C#Cc1cccc(C(=O)Nc2ccc(N3CCCCC3=O)cc2)c1. The van der Waals surface area contributed by atoms with Crippen molar-refractivity contribution in [2.24, 2.45) is 4.99 Å². The van der Waals surface area contributed by atoms with Crippen LogP contribution in [0.25, 0.3) is 0 Å². The fourth-order valence-corrected chi connectivity index (χ4v) is 2.96. The molecule has 28 heavy (non-hydrogen) atoms. The first-order valence-corrected chi connectivity index (χ1v) is 9.34. The predicted molar refractivity (Wildman–Crippen MR) is 113 cm³/mol. The van der Waals surface area contributed by atoms with Gasteiger partial charge in [0.2, 0.25) is 5.91 Å². The van der Waals surface area contributed by atoms with Crippen molar-refractivity contribution in [3.8, 4) is 11.8 Å². The third-order valence-corrected chi connectivity index (χ3v) is 4.61. The first-order valence-electron chi connectivity index (χ1n) is 9.34. The summed E-state index contributed by atoms with van der Waals surface area (Å²) in [6.45, 7) is 2.59. The zero-order valence-electron chi connectivity index (χ0n) is 16.2. The van der Waals surface area contributed by atoms with Crippen LogP contribution in [0.3, 0.4) is 0 Å². The van der Waals surface area contributed by atoms with E-state index >= 15 is 0 Å². The molecule has 5 heteroatoms. The van der Waals surface area contributed by atoms with Crippen LogP contribution in [-0.4, -0.2) is 31.1 Å². The van der Waals surface area contributed by atoms with E-state index in [0.717, 1.165) is 36.3 Å². The Morgan fingerprint density at radius 1 is 1.14 bits per heavy atom. The number of amides is 2. The van der Waals surface area contributed by atoms with Crippen molar-refractivity contribution < 1.29 is 9.59 Å². The number of aliphatic imine (C=N–C) groups is 1. The summed E-state index contributed by atoms with van der Waals surface area (Å²) < 4.78 is 0. The summed E-state index contributed by atoms with van der Waals surface area (Å²) in [7, 11) is 1.69. The van der Waals surface area contributed by atoms with Gasteiger partial charge in [0.05, 0.1) is 5.71 Å². The number of carbonyl (C=O) groups excluding carboxylic acids is 2. The average molecular weight is 373 g/mol. The highest BCUT2D eigenvalue weighted by Crippen LogP contribution is 2.23. The summed E-state index contributed by atoms with van der Waals surface area (Å²) in [5.41, 5.74) is 3.58. The van der Waals surface area contributed by atoms with Crippen molar-refractivity contribution in [2.45, 2.75) is 26.2 Å². The Kier molecular flexibility index (Phi) is 6.23. The molecule has 0 aromatic heterocycles. The number of anilines is 2. The largest absolute Gasteiger partial charge is 0.322 e. The van der Waals surface area contributed by atoms with E-state index in [-0.39, 0.29) is 11.8 Å². The normalized spacial score (nSPS) is 14.3. The van der Waals surface area contributed by atoms with Crippen LogP contribution in [0.4, 0.5) is 11.4 Å². The molecule has 3 rings (SSSR count). The summed E-state index contributed by atoms with van der Waals surface area (Å²) in [4.78, 5) is 30.4. The zero-order chi connectivity index (χ0) is 19.9. The minimum absolute atomic E-state index is 0.157. The van der Waals surface area contributed by atoms with E-state index in [1.165, 1.54) is 0 Å². The Labute approximate surface area is 165 Å². The van der Waals surface area contributed by atoms with E-state index in [4.69, 9.17) is 0 Å². The highest BCUT2D eigenvalue weighted by Gasteiger charge is 2.19. The summed E-state index contributed by atoms with van der Waals surface area (Å²) in [5.74, 6) is 5.90. The van der Waals surface area contributed by atoms with Crippen LogP contribution in [0.1, 0.15) is 42.1 Å². The fraction of sp³-hybridized carbons (Fsp3) is 0.261. The molecule has 0 aliphatic carbocycles. The van der Waals surface area contributed by atoms with Gasteiger partial charge in [0.25, 0.3) is 5.91 Å². The molecular formula is C23H23N3O2. The highest BCUT2D eigenvalue weighted by atomic mass is 16.2. The topological polar surface area (TPSA) is 61.8 Å². The standard InChI is InChI=1S/C23H23N3O2/c1-17(24-2)9-10-18-6-5-7-19(16-18)23(28)25-20-11-13-21(14-12-20)26-15-4-3-8-22(26)27/h5-7,11-14,16H,3-4,8,15H2,1-2H3,(H,25,28). The molecule has 5 nitrogen and oxygen atoms in total. The van der Waals surface area contributed by atoms with Crippen molar-refractivity contribution >= 4 is 28.9 Å². The van der Waals surface area contributed by atoms with E-state index in [1.54, 1.807) is 24.1 Å². The van der Waals surface area contributed by atoms with Gasteiger partial charge in [-0.1, -0.05) is 12.0 Å². The molecule has 0 radical (unpaired) electrons. The molecule has 1 heterocycles. The van der Waals surface area contributed by atoms with Crippen molar-refractivity contribution in [3.05, 3.63) is 59.7 Å². The second-order valence-electron chi connectivity index (χ2n) is 6.64. The Morgan fingerprint density at radius 3 is 2.64 bits per heavy atom. The number of hydrogen-bond acceptors (Lipinski definition) is 3. The van der Waals surface area contributed by atoms with Gasteiger partial charge in [0, 0.05) is 42.5 Å². The van der Waals surface area contributed by atoms with E-state index in [9.17, 15) is 9.59 Å². The van der Waals surface area contributed by atoms with Gasteiger partial charge in [-0.15, -0.1) is 0 Å². The van der Waals surface area contributed by atoms with Gasteiger partial charge in [-0.2, -0.15) is 0 Å². The molecule has 142 valence electrons. The number of nitrogens with zero attached hydrogens (tertiary/aromatic N) is 2. The van der Waals surface area contributed by atoms with Crippen molar-refractivity contribution in [3.63, 3.8) is 0 Å². The smallest absolute Gasteiger partial charge is 0.255 e. The molecule has 1 saturated heterocycles. The Balaban J connectivity index is 1.69. The fourth-order valence-electron chi connectivity index (χ4n) is 2.96. The lowest BCUT2D eigenvalue weighted by atomic mass is 10.1. The van der Waals surface area contributed by atoms with Crippen LogP contribution in [0.5, 0.6) is 0 Å². The Morgan fingerprint density at radius 2 is 1.93 bits per heavy atom. The second-order valence-corrected chi connectivity index (χ2v) is 6.64. The van der Waals surface area contributed by atoms with Crippen LogP contribution in [0.15, 0.2) is 53.5 Å². The Hall–Kier alpha value is -3.39. The molecule has 2 aromatic carbocycles. The second kappa shape index (κ2) is 9.01. The first-order chi connectivity index (χ1) is 13.6. The molecule has 1 N–H and O–H groups in total. The molecule has 1 aliphatic rings. The average Bonchev–Trinajstić information content (AvgIpc) is 2.73. The van der Waals surface area contributed by atoms with Crippen molar-refractivity contribution in [2.75, 3.05) is 23.8 Å². The third-order valence-electron chi connectivity index (χ3n) is 4.61. The summed E-state index contributed by atoms with van der Waals surface area (Å²) >= 11 is 0. The monoisotopic (exact) mass is 373 g/mol. The summed E-state index contributed by atoms with van der Waals surface area (Å²) in [6.07, 6.45) is 2.58. The molecule has 1 fully saturated rings. The van der Waals surface area contributed by atoms with Gasteiger partial charge in [-0.05, 0) is 68.2 Å². The number of nitrogens with one attached hydrogen (secondary N) is 1. The lowest BCUT2D eigenvalue weighted by molar-refractivity contribution is -0.119. The van der Waals surface area contributed by atoms with Crippen LogP contribution in [0.2, 0.25) is 0 Å². The maximum absolute atomic E-state index is 12.6. The van der Waals surface area contributed by atoms with Crippen molar-refractivity contribution in [1.29, 1.82) is 0 Å². The number of benzene rings is 2. The van der Waals surface area contributed by atoms with Crippen LogP contribution >= 0.6 is 0 Å². The molecule has 0 spiro atoms. The quantitative estimate of drug-likeness (QED) is 0.655. The van der Waals surface area contributed by atoms with Gasteiger partial charge in [-0.3, -0.25) is 14.6 Å². The van der Waals surface area contributed by atoms with Gasteiger partial charge in [0.15, 0.2) is 0 Å². The maximum Gasteiger partial charge on any atom is 0.255 e. The minimum Gasteiger partial charge on any atom is -0.322 e. The maximum atomic E-state index is 12.6. The van der Waals surface area contributed by atoms with E-state index in [1.807, 2.05) is 43.3 Å². The van der Waals surface area contributed by atoms with Gasteiger partial charge < -0.3 is 10.2 Å². The van der Waals surface area contributed by atoms with Crippen molar-refractivity contribution in [1.82, 2.24) is 0 Å². The number of piperidine rings is 1. The molecule has 2 amide bonds. The predicted octanol–water partition coefficient (Wildman–Crippen LogP) is 3.90. The first kappa shape index (κ1) is 19.4. The Bertz CT molecular complexity index is 965. The van der Waals surface area contributed by atoms with Crippen LogP contribution < -0.4 is 10.2 Å². The molecule has 0 atom stereocenters. The molecule has 0 unspecified atom stereocenters. The molecule has 0 saturated carbocycles. The number of rotatable bonds is 3. The van der Waals surface area contributed by atoms with E-state index in [2.05, 4.69) is 22.2 Å². The number of hydrogen-bond donors (Lipinski definition) is 1. The van der Waals surface area contributed by atoms with E-state index < -0.39 is 0 Å². The third kappa shape index (κ3) is 4.86. The van der Waals surface area contributed by atoms with Gasteiger partial charge >= 0.3 is 0 Å². The van der Waals surface area contributed by atoms with E-state index in [0.29, 0.717) is 17.7 Å². The van der Waals surface area contributed by atoms with Crippen LogP contribution in [-0.2, 0) is 4.79 Å². The number of carbonyl (C=O) groups is 2. The summed E-state index contributed by atoms with van der Waals surface area (Å²) in [5, 5.41) is 2.89. The molecule has 2 aromatic rings. The van der Waals surface area contributed by atoms with Crippen LogP contribution in [0, 0.1) is 11.8 Å². The lowest BCUT2D eigenvalue weighted by Crippen LogP contribution is -2.35. The summed E-state index contributed by atoms with van der Waals surface area (Å²) in [6, 6.07) is 14.6. The zero-order valence-corrected chi connectivity index (χ0v) is 16.2. The molecule has 1 aliphatic heterocycles. The van der Waals surface area contributed by atoms with Gasteiger partial charge in [0.1, 0.15) is 0 Å². The lowest BCUT2D eigenvalue weighted by Gasteiger charge is -2.26. The van der Waals surface area contributed by atoms with Gasteiger partial charge in [-0.25, -0.2) is 0 Å². The molecule has 0 bridgehead atoms. The highest BCUT2D eigenvalue weighted by molar-refractivity contribution is 6.05.